The zero-order chi connectivity index (χ0) is 23.6. The molecule has 9 heteroatoms. The summed E-state index contributed by atoms with van der Waals surface area (Å²) in [6.07, 6.45) is -1.44. The SMILES string of the molecule is COc1ccc(COC(=O)Nc2cc(O)cc(NC(=O)OCc3ccc(OC)cc3)c2)cc1. The minimum Gasteiger partial charge on any atom is -0.508 e. The Labute approximate surface area is 190 Å². The highest BCUT2D eigenvalue weighted by Crippen LogP contribution is 2.24. The Kier molecular flexibility index (Phi) is 7.96. The second-order valence-electron chi connectivity index (χ2n) is 6.87. The molecule has 0 saturated heterocycles. The third kappa shape index (κ3) is 7.35. The molecular weight excluding hydrogens is 428 g/mol. The van der Waals surface area contributed by atoms with Gasteiger partial charge in [-0.15, -0.1) is 0 Å². The van der Waals surface area contributed by atoms with Crippen LogP contribution in [0.1, 0.15) is 11.1 Å². The number of rotatable bonds is 8. The standard InChI is InChI=1S/C24H24N2O7/c1-30-21-7-3-16(4-8-21)14-32-23(28)25-18-11-19(13-20(27)12-18)26-24(29)33-15-17-5-9-22(31-2)10-6-17/h3-13,27H,14-15H2,1-2H3,(H,25,28)(H,26,29). The summed E-state index contributed by atoms with van der Waals surface area (Å²) >= 11 is 0. The van der Waals surface area contributed by atoms with Gasteiger partial charge >= 0.3 is 12.2 Å². The average Bonchev–Trinajstić information content (AvgIpc) is 2.81. The van der Waals surface area contributed by atoms with Crippen LogP contribution in [0.3, 0.4) is 0 Å². The van der Waals surface area contributed by atoms with Crippen molar-refractivity contribution in [2.45, 2.75) is 13.2 Å². The van der Waals surface area contributed by atoms with E-state index in [4.69, 9.17) is 18.9 Å². The van der Waals surface area contributed by atoms with Gasteiger partial charge in [0.25, 0.3) is 0 Å². The highest BCUT2D eigenvalue weighted by Gasteiger charge is 2.10. The van der Waals surface area contributed by atoms with E-state index in [1.807, 2.05) is 0 Å². The lowest BCUT2D eigenvalue weighted by Gasteiger charge is -2.11. The van der Waals surface area contributed by atoms with Gasteiger partial charge in [-0.05, 0) is 41.5 Å². The molecule has 0 atom stereocenters. The minimum atomic E-state index is -0.718. The van der Waals surface area contributed by atoms with Gasteiger partial charge in [-0.2, -0.15) is 0 Å². The number of methoxy groups -OCH3 is 2. The number of carbonyl (C=O) groups is 2. The molecule has 3 rings (SSSR count). The number of benzene rings is 3. The van der Waals surface area contributed by atoms with Crippen LogP contribution in [-0.2, 0) is 22.7 Å². The smallest absolute Gasteiger partial charge is 0.411 e. The van der Waals surface area contributed by atoms with Gasteiger partial charge in [0.15, 0.2) is 0 Å². The van der Waals surface area contributed by atoms with Crippen LogP contribution >= 0.6 is 0 Å². The largest absolute Gasteiger partial charge is 0.508 e. The quantitative estimate of drug-likeness (QED) is 0.445. The number of anilines is 2. The second kappa shape index (κ2) is 11.3. The Morgan fingerprint density at radius 3 is 1.45 bits per heavy atom. The summed E-state index contributed by atoms with van der Waals surface area (Å²) in [5.41, 5.74) is 2.04. The van der Waals surface area contributed by atoms with E-state index in [1.165, 1.54) is 18.2 Å². The van der Waals surface area contributed by atoms with Gasteiger partial charge in [0, 0.05) is 23.5 Å². The van der Waals surface area contributed by atoms with E-state index in [2.05, 4.69) is 10.6 Å². The zero-order valence-corrected chi connectivity index (χ0v) is 18.2. The number of hydrogen-bond donors (Lipinski definition) is 3. The van der Waals surface area contributed by atoms with Crippen molar-refractivity contribution in [3.8, 4) is 17.2 Å². The number of hydrogen-bond acceptors (Lipinski definition) is 7. The molecule has 3 aromatic carbocycles. The zero-order valence-electron chi connectivity index (χ0n) is 18.2. The third-order valence-electron chi connectivity index (χ3n) is 4.47. The van der Waals surface area contributed by atoms with Crippen molar-refractivity contribution in [3.63, 3.8) is 0 Å². The van der Waals surface area contributed by atoms with E-state index in [1.54, 1.807) is 62.8 Å². The van der Waals surface area contributed by atoms with Crippen LogP contribution < -0.4 is 20.1 Å². The maximum absolute atomic E-state index is 12.1. The summed E-state index contributed by atoms with van der Waals surface area (Å²) in [6.45, 7) is 0.106. The first kappa shape index (κ1) is 23.3. The molecule has 3 aromatic rings. The summed E-state index contributed by atoms with van der Waals surface area (Å²) < 4.78 is 20.5. The molecule has 3 N–H and O–H groups in total. The fourth-order valence-electron chi connectivity index (χ4n) is 2.80. The molecule has 9 nitrogen and oxygen atoms in total. The van der Waals surface area contributed by atoms with E-state index in [0.29, 0.717) is 11.5 Å². The van der Waals surface area contributed by atoms with Crippen molar-refractivity contribution in [3.05, 3.63) is 77.9 Å². The molecule has 0 heterocycles. The van der Waals surface area contributed by atoms with Gasteiger partial charge in [0.2, 0.25) is 0 Å². The van der Waals surface area contributed by atoms with Gasteiger partial charge < -0.3 is 24.1 Å². The number of amides is 2. The third-order valence-corrected chi connectivity index (χ3v) is 4.47. The number of nitrogens with one attached hydrogen (secondary N) is 2. The van der Waals surface area contributed by atoms with E-state index < -0.39 is 12.2 Å². The lowest BCUT2D eigenvalue weighted by atomic mass is 10.2. The van der Waals surface area contributed by atoms with Crippen molar-refractivity contribution in [1.29, 1.82) is 0 Å². The Bertz CT molecular complexity index is 999. The monoisotopic (exact) mass is 452 g/mol. The number of phenols is 1. The Balaban J connectivity index is 1.51. The maximum atomic E-state index is 12.1. The summed E-state index contributed by atoms with van der Waals surface area (Å²) in [4.78, 5) is 24.2. The van der Waals surface area contributed by atoms with Crippen LogP contribution in [0.2, 0.25) is 0 Å². The van der Waals surface area contributed by atoms with Crippen LogP contribution in [0.25, 0.3) is 0 Å². The first-order chi connectivity index (χ1) is 15.9. The first-order valence-corrected chi connectivity index (χ1v) is 9.92. The van der Waals surface area contributed by atoms with Crippen LogP contribution in [0.4, 0.5) is 21.0 Å². The molecule has 0 unspecified atom stereocenters. The minimum absolute atomic E-state index is 0.0530. The molecule has 2 amide bonds. The average molecular weight is 452 g/mol. The molecule has 0 aromatic heterocycles. The van der Waals surface area contributed by atoms with Gasteiger partial charge in [-0.1, -0.05) is 24.3 Å². The number of aromatic hydroxyl groups is 1. The molecule has 0 bridgehead atoms. The Morgan fingerprint density at radius 2 is 1.09 bits per heavy atom. The summed E-state index contributed by atoms with van der Waals surface area (Å²) in [6, 6.07) is 18.3. The predicted octanol–water partition coefficient (Wildman–Crippen LogP) is 4.91. The molecule has 0 spiro atoms. The molecule has 0 aliphatic heterocycles. The van der Waals surface area contributed by atoms with Gasteiger partial charge in [-0.3, -0.25) is 10.6 Å². The van der Waals surface area contributed by atoms with E-state index in [9.17, 15) is 14.7 Å². The van der Waals surface area contributed by atoms with Gasteiger partial charge in [0.05, 0.1) is 14.2 Å². The van der Waals surface area contributed by atoms with Crippen LogP contribution in [0.5, 0.6) is 17.2 Å². The summed E-state index contributed by atoms with van der Waals surface area (Å²) in [5.74, 6) is 1.24. The molecule has 0 aliphatic carbocycles. The number of phenolic OH excluding ortho intramolecular Hbond substituents is 1. The van der Waals surface area contributed by atoms with Crippen molar-refractivity contribution in [2.75, 3.05) is 24.9 Å². The van der Waals surface area contributed by atoms with E-state index >= 15 is 0 Å². The normalized spacial score (nSPS) is 10.1. The highest BCUT2D eigenvalue weighted by molar-refractivity contribution is 5.89. The van der Waals surface area contributed by atoms with Crippen LogP contribution in [0.15, 0.2) is 66.7 Å². The highest BCUT2D eigenvalue weighted by atomic mass is 16.6. The fourth-order valence-corrected chi connectivity index (χ4v) is 2.80. The molecule has 0 radical (unpaired) electrons. The molecule has 0 aliphatic rings. The van der Waals surface area contributed by atoms with Gasteiger partial charge in [-0.25, -0.2) is 9.59 Å². The van der Waals surface area contributed by atoms with E-state index in [-0.39, 0.29) is 30.3 Å². The van der Waals surface area contributed by atoms with Crippen LogP contribution in [0, 0.1) is 0 Å². The molecule has 0 saturated carbocycles. The van der Waals surface area contributed by atoms with Crippen molar-refractivity contribution < 1.29 is 33.6 Å². The van der Waals surface area contributed by atoms with E-state index in [0.717, 1.165) is 11.1 Å². The summed E-state index contributed by atoms with van der Waals surface area (Å²) in [5, 5.41) is 14.9. The van der Waals surface area contributed by atoms with Crippen molar-refractivity contribution in [1.82, 2.24) is 0 Å². The first-order valence-electron chi connectivity index (χ1n) is 9.92. The maximum Gasteiger partial charge on any atom is 0.411 e. The Morgan fingerprint density at radius 1 is 0.697 bits per heavy atom. The van der Waals surface area contributed by atoms with Crippen molar-refractivity contribution in [2.24, 2.45) is 0 Å². The second-order valence-corrected chi connectivity index (χ2v) is 6.87. The lowest BCUT2D eigenvalue weighted by molar-refractivity contribution is 0.154. The Hall–Kier alpha value is -4.40. The van der Waals surface area contributed by atoms with Crippen LogP contribution in [-0.4, -0.2) is 31.5 Å². The molecule has 33 heavy (non-hydrogen) atoms. The van der Waals surface area contributed by atoms with Crippen molar-refractivity contribution >= 4 is 23.6 Å². The predicted molar refractivity (Wildman–Crippen MR) is 122 cm³/mol. The topological polar surface area (TPSA) is 115 Å². The van der Waals surface area contributed by atoms with Gasteiger partial charge in [0.1, 0.15) is 30.5 Å². The lowest BCUT2D eigenvalue weighted by Crippen LogP contribution is -2.15. The molecular formula is C24H24N2O7. The number of ether oxygens (including phenoxy) is 4. The summed E-state index contributed by atoms with van der Waals surface area (Å²) in [7, 11) is 3.13. The molecule has 0 fully saturated rings. The molecule has 172 valence electrons. The number of carbonyl (C=O) groups excluding carboxylic acids is 2. The fraction of sp³-hybridized carbons (Fsp3) is 0.167.